The van der Waals surface area contributed by atoms with E-state index < -0.39 is 0 Å². The Morgan fingerprint density at radius 2 is 0.771 bits per heavy atom. The van der Waals surface area contributed by atoms with Crippen LogP contribution in [0.5, 0.6) is 0 Å². The maximum Gasteiger partial charge on any atom is 0.138 e. The van der Waals surface area contributed by atoms with Gasteiger partial charge in [0.15, 0.2) is 0 Å². The van der Waals surface area contributed by atoms with Gasteiger partial charge in [0.25, 0.3) is 0 Å². The van der Waals surface area contributed by atoms with E-state index in [-0.39, 0.29) is 0 Å². The minimum atomic E-state index is 0.966. The molecule has 0 saturated carbocycles. The van der Waals surface area contributed by atoms with Crippen molar-refractivity contribution in [3.05, 3.63) is 131 Å². The molecule has 2 aromatic heterocycles. The van der Waals surface area contributed by atoms with Crippen LogP contribution in [-0.2, 0) is 25.7 Å². The molecule has 11 rings (SSSR count). The molecule has 9 aromatic rings. The molecule has 0 spiro atoms. The molecule has 48 heavy (non-hydrogen) atoms. The van der Waals surface area contributed by atoms with Gasteiger partial charge in [-0.25, -0.2) is 0 Å². The Morgan fingerprint density at radius 3 is 1.21 bits per heavy atom. The van der Waals surface area contributed by atoms with Crippen molar-refractivity contribution in [2.24, 2.45) is 0 Å². The summed E-state index contributed by atoms with van der Waals surface area (Å²) in [6, 6.07) is 40.2. The summed E-state index contributed by atoms with van der Waals surface area (Å²) in [5, 5.41) is 9.89. The van der Waals surface area contributed by atoms with Crippen LogP contribution in [0.3, 0.4) is 0 Å². The van der Waals surface area contributed by atoms with Gasteiger partial charge < -0.3 is 8.83 Å². The number of fused-ring (bicyclic) bond motifs is 10. The largest absolute Gasteiger partial charge is 0.456 e. The summed E-state index contributed by atoms with van der Waals surface area (Å²) in [6.07, 6.45) is 9.12. The number of benzene rings is 7. The first-order valence-corrected chi connectivity index (χ1v) is 17.7. The second-order valence-electron chi connectivity index (χ2n) is 14.0. The summed E-state index contributed by atoms with van der Waals surface area (Å²) in [5.74, 6) is 0. The van der Waals surface area contributed by atoms with Crippen molar-refractivity contribution in [3.63, 3.8) is 0 Å². The zero-order chi connectivity index (χ0) is 31.3. The van der Waals surface area contributed by atoms with Crippen LogP contribution in [0.4, 0.5) is 0 Å². The Kier molecular flexibility index (Phi) is 5.61. The van der Waals surface area contributed by atoms with Crippen LogP contribution in [0.1, 0.15) is 47.9 Å². The molecule has 0 bridgehead atoms. The van der Waals surface area contributed by atoms with E-state index in [4.69, 9.17) is 8.83 Å². The maximum atomic E-state index is 7.08. The van der Waals surface area contributed by atoms with Crippen molar-refractivity contribution in [1.29, 1.82) is 0 Å². The molecule has 2 nitrogen and oxygen atoms in total. The first-order valence-electron chi connectivity index (χ1n) is 17.7. The molecule has 2 aliphatic rings. The van der Waals surface area contributed by atoms with Gasteiger partial charge in [-0.3, -0.25) is 0 Å². The van der Waals surface area contributed by atoms with Gasteiger partial charge in [0.05, 0.1) is 0 Å². The molecule has 7 aromatic carbocycles. The number of hydrogen-bond acceptors (Lipinski definition) is 2. The van der Waals surface area contributed by atoms with Crippen molar-refractivity contribution < 1.29 is 8.83 Å². The second-order valence-corrected chi connectivity index (χ2v) is 14.0. The minimum Gasteiger partial charge on any atom is -0.456 e. The van der Waals surface area contributed by atoms with Crippen LogP contribution in [0.15, 0.2) is 118 Å². The van der Waals surface area contributed by atoms with Gasteiger partial charge in [-0.2, -0.15) is 0 Å². The predicted molar refractivity (Wildman–Crippen MR) is 200 cm³/mol. The molecule has 2 aliphatic carbocycles. The second kappa shape index (κ2) is 10.1. The molecule has 0 aliphatic heterocycles. The first kappa shape index (κ1) is 26.7. The van der Waals surface area contributed by atoms with E-state index in [2.05, 4.69) is 109 Å². The van der Waals surface area contributed by atoms with E-state index in [1.54, 1.807) is 0 Å². The lowest BCUT2D eigenvalue weighted by atomic mass is 9.81. The molecular weight excluding hydrogens is 585 g/mol. The van der Waals surface area contributed by atoms with E-state index in [1.165, 1.54) is 113 Å². The monoisotopic (exact) mass is 618 g/mol. The molecule has 230 valence electrons. The fourth-order valence-electron chi connectivity index (χ4n) is 9.39. The summed E-state index contributed by atoms with van der Waals surface area (Å²) in [6.45, 7) is 0. The zero-order valence-electron chi connectivity index (χ0n) is 26.9. The summed E-state index contributed by atoms with van der Waals surface area (Å²) < 4.78 is 14.2. The van der Waals surface area contributed by atoms with Crippen LogP contribution >= 0.6 is 0 Å². The number of aryl methyl sites for hydroxylation is 2. The highest BCUT2D eigenvalue weighted by molar-refractivity contribution is 6.40. The van der Waals surface area contributed by atoms with E-state index >= 15 is 0 Å². The topological polar surface area (TPSA) is 26.3 Å². The van der Waals surface area contributed by atoms with Crippen LogP contribution < -0.4 is 0 Å². The summed E-state index contributed by atoms with van der Waals surface area (Å²) in [5.41, 5.74) is 15.0. The smallest absolute Gasteiger partial charge is 0.138 e. The molecule has 0 radical (unpaired) electrons. The standard InChI is InChI=1S/C46H34O2/c1-3-13-27(14-4-1)35-25-37-41-33-21-11-24-40-44(33)42(34-22-12-23-39(43(34)41)47-45(37)31-19-9-7-17-29(31)35)38-26-36(28-15-5-2-6-16-28)30-18-8-10-20-32(30)46(38)48-40/h1-6,11-16,21-26H,7-10,17-20H2. The predicted octanol–water partition coefficient (Wildman–Crippen LogP) is 12.9. The first-order chi connectivity index (χ1) is 23.8. The van der Waals surface area contributed by atoms with E-state index in [1.807, 2.05) is 0 Å². The van der Waals surface area contributed by atoms with Crippen molar-refractivity contribution >= 4 is 65.4 Å². The molecule has 2 heteroatoms. The summed E-state index contributed by atoms with van der Waals surface area (Å²) in [7, 11) is 0. The Balaban J connectivity index is 1.37. The van der Waals surface area contributed by atoms with Crippen molar-refractivity contribution in [1.82, 2.24) is 0 Å². The van der Waals surface area contributed by atoms with Crippen LogP contribution in [0.25, 0.3) is 87.7 Å². The highest BCUT2D eigenvalue weighted by atomic mass is 16.3. The Morgan fingerprint density at radius 1 is 0.354 bits per heavy atom. The van der Waals surface area contributed by atoms with E-state index in [9.17, 15) is 0 Å². The minimum absolute atomic E-state index is 0.966. The lowest BCUT2D eigenvalue weighted by Gasteiger charge is -2.25. The molecule has 0 unspecified atom stereocenters. The highest BCUT2D eigenvalue weighted by Crippen LogP contribution is 2.50. The Labute approximate surface area is 278 Å². The Bertz CT molecular complexity index is 2570. The van der Waals surface area contributed by atoms with E-state index in [0.717, 1.165) is 48.0 Å². The zero-order valence-corrected chi connectivity index (χ0v) is 26.9. The number of hydrogen-bond donors (Lipinski definition) is 0. The molecule has 0 atom stereocenters. The molecule has 0 N–H and O–H groups in total. The van der Waals surface area contributed by atoms with Gasteiger partial charge in [0.1, 0.15) is 22.3 Å². The summed E-state index contributed by atoms with van der Waals surface area (Å²) in [4.78, 5) is 0. The molecular formula is C46H34O2. The van der Waals surface area contributed by atoms with Gasteiger partial charge in [0, 0.05) is 32.3 Å². The van der Waals surface area contributed by atoms with Gasteiger partial charge in [0.2, 0.25) is 0 Å². The summed E-state index contributed by atoms with van der Waals surface area (Å²) >= 11 is 0. The van der Waals surface area contributed by atoms with Gasteiger partial charge in [-0.15, -0.1) is 0 Å². The van der Waals surface area contributed by atoms with Gasteiger partial charge >= 0.3 is 0 Å². The highest BCUT2D eigenvalue weighted by Gasteiger charge is 2.27. The number of rotatable bonds is 2. The quantitative estimate of drug-likeness (QED) is 0.142. The van der Waals surface area contributed by atoms with Gasteiger partial charge in [-0.05, 0) is 131 Å². The van der Waals surface area contributed by atoms with Crippen LogP contribution in [-0.4, -0.2) is 0 Å². The maximum absolute atomic E-state index is 7.08. The molecule has 0 saturated heterocycles. The third-order valence-corrected chi connectivity index (χ3v) is 11.4. The lowest BCUT2D eigenvalue weighted by molar-refractivity contribution is 0.632. The third kappa shape index (κ3) is 3.63. The van der Waals surface area contributed by atoms with Crippen molar-refractivity contribution in [2.45, 2.75) is 51.4 Å². The van der Waals surface area contributed by atoms with Gasteiger partial charge in [-0.1, -0.05) is 84.9 Å². The fourth-order valence-corrected chi connectivity index (χ4v) is 9.39. The molecule has 0 amide bonds. The average Bonchev–Trinajstić information content (AvgIpc) is 3.16. The Hall–Kier alpha value is -5.34. The molecule has 0 fully saturated rings. The lowest BCUT2D eigenvalue weighted by Crippen LogP contribution is -2.06. The van der Waals surface area contributed by atoms with Crippen LogP contribution in [0, 0.1) is 0 Å². The van der Waals surface area contributed by atoms with E-state index in [0.29, 0.717) is 0 Å². The van der Waals surface area contributed by atoms with Crippen molar-refractivity contribution in [2.75, 3.05) is 0 Å². The third-order valence-electron chi connectivity index (χ3n) is 11.4. The normalized spacial score (nSPS) is 14.8. The van der Waals surface area contributed by atoms with Crippen LogP contribution in [0.2, 0.25) is 0 Å². The average molecular weight is 619 g/mol. The SMILES string of the molecule is c1ccc(-c2cc3c(oc4cccc5c4c3c3cccc4oc6c7c(c(-c8ccccc8)cc6c5c43)CCCC7)c3c2CCCC3)cc1. The van der Waals surface area contributed by atoms with Crippen molar-refractivity contribution in [3.8, 4) is 22.3 Å². The fraction of sp³-hybridized carbons (Fsp3) is 0.174. The molecule has 2 heterocycles.